The highest BCUT2D eigenvalue weighted by Crippen LogP contribution is 2.23. The smallest absolute Gasteiger partial charge is 0.254 e. The lowest BCUT2D eigenvalue weighted by molar-refractivity contribution is 0.0602. The normalized spacial score (nSPS) is 18.6. The molecule has 0 spiro atoms. The molecule has 1 aliphatic rings. The summed E-state index contributed by atoms with van der Waals surface area (Å²) in [5.41, 5.74) is 1.88. The maximum absolute atomic E-state index is 12.8. The number of amides is 1. The van der Waals surface area contributed by atoms with Crippen LogP contribution in [0.1, 0.15) is 36.0 Å². The monoisotopic (exact) mass is 289 g/mol. The van der Waals surface area contributed by atoms with Crippen molar-refractivity contribution < 1.29 is 4.79 Å². The fraction of sp³-hybridized carbons (Fsp3) is 0.588. The lowest BCUT2D eigenvalue weighted by Crippen LogP contribution is -2.44. The van der Waals surface area contributed by atoms with Crippen LogP contribution in [0.25, 0.3) is 0 Å². The Balaban J connectivity index is 2.14. The van der Waals surface area contributed by atoms with Gasteiger partial charge in [-0.2, -0.15) is 0 Å². The first-order chi connectivity index (χ1) is 10.1. The minimum absolute atomic E-state index is 0.180. The van der Waals surface area contributed by atoms with Crippen molar-refractivity contribution in [3.05, 3.63) is 29.8 Å². The van der Waals surface area contributed by atoms with Crippen molar-refractivity contribution in [1.82, 2.24) is 10.2 Å². The van der Waals surface area contributed by atoms with Gasteiger partial charge < -0.3 is 15.1 Å². The summed E-state index contributed by atoms with van der Waals surface area (Å²) in [6.45, 7) is 1.85. The largest absolute Gasteiger partial charge is 0.378 e. The van der Waals surface area contributed by atoms with Gasteiger partial charge in [0.2, 0.25) is 0 Å². The van der Waals surface area contributed by atoms with E-state index in [1.165, 1.54) is 6.42 Å². The van der Waals surface area contributed by atoms with Gasteiger partial charge >= 0.3 is 0 Å². The minimum atomic E-state index is 0.180. The van der Waals surface area contributed by atoms with Gasteiger partial charge in [0.15, 0.2) is 0 Å². The minimum Gasteiger partial charge on any atom is -0.378 e. The summed E-state index contributed by atoms with van der Waals surface area (Å²) in [5, 5.41) is 3.19. The van der Waals surface area contributed by atoms with Crippen LogP contribution in [0.15, 0.2) is 24.3 Å². The quantitative estimate of drug-likeness (QED) is 0.904. The molecule has 2 rings (SSSR count). The molecule has 1 N–H and O–H groups in total. The van der Waals surface area contributed by atoms with Crippen molar-refractivity contribution in [3.63, 3.8) is 0 Å². The summed E-state index contributed by atoms with van der Waals surface area (Å²) < 4.78 is 0. The predicted octanol–water partition coefficient (Wildman–Crippen LogP) is 2.36. The third-order valence-corrected chi connectivity index (χ3v) is 4.23. The van der Waals surface area contributed by atoms with Gasteiger partial charge in [-0.3, -0.25) is 4.79 Å². The fourth-order valence-electron chi connectivity index (χ4n) is 2.96. The van der Waals surface area contributed by atoms with Crippen molar-refractivity contribution in [2.24, 2.45) is 0 Å². The SMILES string of the molecule is CNCCC1CCCCN1C(=O)c1cccc(N(C)C)c1. The highest BCUT2D eigenvalue weighted by atomic mass is 16.2. The van der Waals surface area contributed by atoms with Crippen molar-refractivity contribution in [3.8, 4) is 0 Å². The van der Waals surface area contributed by atoms with E-state index in [1.54, 1.807) is 0 Å². The molecule has 1 saturated heterocycles. The lowest BCUT2D eigenvalue weighted by atomic mass is 9.98. The van der Waals surface area contributed by atoms with E-state index in [4.69, 9.17) is 0 Å². The molecule has 0 bridgehead atoms. The van der Waals surface area contributed by atoms with E-state index in [-0.39, 0.29) is 5.91 Å². The number of nitrogens with one attached hydrogen (secondary N) is 1. The van der Waals surface area contributed by atoms with Gasteiger partial charge in [0.1, 0.15) is 0 Å². The zero-order valence-corrected chi connectivity index (χ0v) is 13.4. The molecular formula is C17H27N3O. The van der Waals surface area contributed by atoms with E-state index >= 15 is 0 Å². The van der Waals surface area contributed by atoms with E-state index in [2.05, 4.69) is 10.2 Å². The number of carbonyl (C=O) groups excluding carboxylic acids is 1. The van der Waals surface area contributed by atoms with Crippen molar-refractivity contribution in [2.75, 3.05) is 39.1 Å². The molecule has 1 fully saturated rings. The molecule has 4 heteroatoms. The number of hydrogen-bond donors (Lipinski definition) is 1. The summed E-state index contributed by atoms with van der Waals surface area (Å²) in [5.74, 6) is 0.180. The summed E-state index contributed by atoms with van der Waals surface area (Å²) in [4.78, 5) is 16.9. The average Bonchev–Trinajstić information content (AvgIpc) is 2.52. The number of nitrogens with zero attached hydrogens (tertiary/aromatic N) is 2. The Morgan fingerprint density at radius 3 is 2.90 bits per heavy atom. The Morgan fingerprint density at radius 1 is 1.38 bits per heavy atom. The number of piperidine rings is 1. The first-order valence-corrected chi connectivity index (χ1v) is 7.86. The second-order valence-corrected chi connectivity index (χ2v) is 5.99. The number of hydrogen-bond acceptors (Lipinski definition) is 3. The molecule has 1 amide bonds. The maximum atomic E-state index is 12.8. The Hall–Kier alpha value is -1.55. The van der Waals surface area contributed by atoms with Gasteiger partial charge in [-0.25, -0.2) is 0 Å². The predicted molar refractivity (Wildman–Crippen MR) is 88.0 cm³/mol. The molecule has 0 radical (unpaired) electrons. The molecule has 0 aliphatic carbocycles. The number of benzene rings is 1. The fourth-order valence-corrected chi connectivity index (χ4v) is 2.96. The molecule has 1 heterocycles. The zero-order valence-electron chi connectivity index (χ0n) is 13.4. The lowest BCUT2D eigenvalue weighted by Gasteiger charge is -2.36. The van der Waals surface area contributed by atoms with E-state index in [0.717, 1.165) is 43.6 Å². The first kappa shape index (κ1) is 15.8. The van der Waals surface area contributed by atoms with Crippen LogP contribution in [0.5, 0.6) is 0 Å². The second kappa shape index (κ2) is 7.46. The molecule has 1 aromatic rings. The first-order valence-electron chi connectivity index (χ1n) is 7.86. The number of carbonyl (C=O) groups is 1. The van der Waals surface area contributed by atoms with Crippen molar-refractivity contribution in [1.29, 1.82) is 0 Å². The van der Waals surface area contributed by atoms with Crippen LogP contribution in [0.4, 0.5) is 5.69 Å². The molecule has 1 aromatic carbocycles. The highest BCUT2D eigenvalue weighted by molar-refractivity contribution is 5.95. The van der Waals surface area contributed by atoms with Crippen LogP contribution in [0.2, 0.25) is 0 Å². The van der Waals surface area contributed by atoms with Gasteiger partial charge in [-0.15, -0.1) is 0 Å². The third-order valence-electron chi connectivity index (χ3n) is 4.23. The van der Waals surface area contributed by atoms with Crippen molar-refractivity contribution >= 4 is 11.6 Å². The third kappa shape index (κ3) is 3.97. The molecule has 0 aromatic heterocycles. The summed E-state index contributed by atoms with van der Waals surface area (Å²) in [6, 6.07) is 8.30. The molecular weight excluding hydrogens is 262 g/mol. The Kier molecular flexibility index (Phi) is 5.62. The second-order valence-electron chi connectivity index (χ2n) is 5.99. The van der Waals surface area contributed by atoms with Crippen LogP contribution >= 0.6 is 0 Å². The molecule has 21 heavy (non-hydrogen) atoms. The van der Waals surface area contributed by atoms with Crippen LogP contribution in [0, 0.1) is 0 Å². The van der Waals surface area contributed by atoms with Crippen LogP contribution in [-0.2, 0) is 0 Å². The standard InChI is InChI=1S/C17H27N3O/c1-18-11-10-15-8-4-5-12-20(15)17(21)14-7-6-9-16(13-14)19(2)3/h6-7,9,13,15,18H,4-5,8,10-12H2,1-3H3. The Bertz CT molecular complexity index is 473. The summed E-state index contributed by atoms with van der Waals surface area (Å²) in [6.07, 6.45) is 4.52. The summed E-state index contributed by atoms with van der Waals surface area (Å²) in [7, 11) is 5.97. The Labute approximate surface area is 128 Å². The van der Waals surface area contributed by atoms with Gasteiger partial charge in [-0.1, -0.05) is 6.07 Å². The number of likely N-dealkylation sites (tertiary alicyclic amines) is 1. The molecule has 1 unspecified atom stereocenters. The maximum Gasteiger partial charge on any atom is 0.254 e. The molecule has 4 nitrogen and oxygen atoms in total. The van der Waals surface area contributed by atoms with Gasteiger partial charge in [0.25, 0.3) is 5.91 Å². The average molecular weight is 289 g/mol. The van der Waals surface area contributed by atoms with E-state index < -0.39 is 0 Å². The summed E-state index contributed by atoms with van der Waals surface area (Å²) >= 11 is 0. The molecule has 1 aliphatic heterocycles. The molecule has 1 atom stereocenters. The van der Waals surface area contributed by atoms with Gasteiger partial charge in [-0.05, 0) is 57.5 Å². The van der Waals surface area contributed by atoms with E-state index in [1.807, 2.05) is 50.3 Å². The zero-order chi connectivity index (χ0) is 15.2. The van der Waals surface area contributed by atoms with Gasteiger partial charge in [0.05, 0.1) is 0 Å². The van der Waals surface area contributed by atoms with Crippen LogP contribution < -0.4 is 10.2 Å². The van der Waals surface area contributed by atoms with E-state index in [0.29, 0.717) is 6.04 Å². The van der Waals surface area contributed by atoms with Gasteiger partial charge in [0, 0.05) is 37.9 Å². The van der Waals surface area contributed by atoms with E-state index in [9.17, 15) is 4.79 Å². The Morgan fingerprint density at radius 2 is 2.19 bits per heavy atom. The van der Waals surface area contributed by atoms with Crippen LogP contribution in [0.3, 0.4) is 0 Å². The number of anilines is 1. The molecule has 116 valence electrons. The highest BCUT2D eigenvalue weighted by Gasteiger charge is 2.27. The van der Waals surface area contributed by atoms with Crippen molar-refractivity contribution in [2.45, 2.75) is 31.7 Å². The number of rotatable bonds is 5. The molecule has 0 saturated carbocycles. The van der Waals surface area contributed by atoms with Crippen LogP contribution in [-0.4, -0.2) is 51.1 Å². The topological polar surface area (TPSA) is 35.6 Å².